The summed E-state index contributed by atoms with van der Waals surface area (Å²) in [6, 6.07) is 12.0. The molecule has 0 aliphatic carbocycles. The lowest BCUT2D eigenvalue weighted by molar-refractivity contribution is -0.189. The van der Waals surface area contributed by atoms with Crippen LogP contribution >= 0.6 is 0 Å². The molecule has 4 aromatic rings. The average molecular weight is 575 g/mol. The van der Waals surface area contributed by atoms with Crippen molar-refractivity contribution < 1.29 is 39.9 Å². The number of aryl methyl sites for hydroxylation is 1. The van der Waals surface area contributed by atoms with Crippen molar-refractivity contribution >= 4 is 0 Å². The van der Waals surface area contributed by atoms with Gasteiger partial charge in [0.15, 0.2) is 17.5 Å². The fraction of sp³-hybridized carbons (Fsp3) is 0.188. The Bertz CT molecular complexity index is 1570. The molecule has 41 heavy (non-hydrogen) atoms. The van der Waals surface area contributed by atoms with Gasteiger partial charge in [-0.25, -0.2) is 26.3 Å². The van der Waals surface area contributed by atoms with Gasteiger partial charge in [0.1, 0.15) is 28.8 Å². The first kappa shape index (κ1) is 29.7. The van der Waals surface area contributed by atoms with Crippen molar-refractivity contribution in [3.8, 4) is 28.7 Å². The second-order valence-electron chi connectivity index (χ2n) is 9.23. The molecular formula is C32H22F8O. The summed E-state index contributed by atoms with van der Waals surface area (Å²) in [4.78, 5) is 0. The Morgan fingerprint density at radius 2 is 1.29 bits per heavy atom. The Morgan fingerprint density at radius 1 is 0.659 bits per heavy atom. The summed E-state index contributed by atoms with van der Waals surface area (Å²) < 4.78 is 118. The van der Waals surface area contributed by atoms with E-state index in [0.29, 0.717) is 23.8 Å². The first-order valence-electron chi connectivity index (χ1n) is 12.6. The van der Waals surface area contributed by atoms with Crippen molar-refractivity contribution in [1.82, 2.24) is 0 Å². The number of halogens is 8. The van der Waals surface area contributed by atoms with Crippen LogP contribution < -0.4 is 4.74 Å². The molecule has 4 rings (SSSR count). The maximum atomic E-state index is 14.9. The van der Waals surface area contributed by atoms with Gasteiger partial charge in [-0.3, -0.25) is 0 Å². The number of hydrogen-bond acceptors (Lipinski definition) is 1. The van der Waals surface area contributed by atoms with Gasteiger partial charge >= 0.3 is 6.11 Å². The second kappa shape index (κ2) is 12.5. The number of alkyl halides is 2. The maximum absolute atomic E-state index is 14.9. The lowest BCUT2D eigenvalue weighted by Crippen LogP contribution is -2.25. The van der Waals surface area contributed by atoms with E-state index < -0.39 is 52.3 Å². The predicted molar refractivity (Wildman–Crippen MR) is 138 cm³/mol. The van der Waals surface area contributed by atoms with Crippen LogP contribution in [0.15, 0.2) is 66.7 Å². The van der Waals surface area contributed by atoms with E-state index in [1.165, 1.54) is 0 Å². The molecule has 0 saturated carbocycles. The molecule has 0 atom stereocenters. The number of benzene rings is 4. The molecule has 0 N–H and O–H groups in total. The van der Waals surface area contributed by atoms with Crippen LogP contribution in [0, 0.1) is 46.7 Å². The highest BCUT2D eigenvalue weighted by Crippen LogP contribution is 2.37. The quantitative estimate of drug-likeness (QED) is 0.0882. The molecule has 0 bridgehead atoms. The molecule has 0 aromatic heterocycles. The number of rotatable bonds is 8. The Balaban J connectivity index is 1.52. The molecule has 0 radical (unpaired) electrons. The third-order valence-electron chi connectivity index (χ3n) is 6.20. The number of ether oxygens (including phenoxy) is 1. The fourth-order valence-corrected chi connectivity index (χ4v) is 4.09. The molecule has 4 aromatic carbocycles. The van der Waals surface area contributed by atoms with Crippen molar-refractivity contribution in [2.75, 3.05) is 0 Å². The monoisotopic (exact) mass is 574 g/mol. The van der Waals surface area contributed by atoms with Crippen LogP contribution in [0.5, 0.6) is 5.75 Å². The lowest BCUT2D eigenvalue weighted by atomic mass is 9.99. The van der Waals surface area contributed by atoms with E-state index in [4.69, 9.17) is 0 Å². The lowest BCUT2D eigenvalue weighted by Gasteiger charge is -2.20. The number of hydrogen-bond donors (Lipinski definition) is 0. The molecule has 0 saturated heterocycles. The minimum atomic E-state index is -4.52. The number of unbranched alkanes of at least 4 members (excludes halogenated alkanes) is 2. The highest BCUT2D eigenvalue weighted by Gasteiger charge is 2.41. The largest absolute Gasteiger partial charge is 0.432 e. The highest BCUT2D eigenvalue weighted by molar-refractivity contribution is 5.64. The first-order chi connectivity index (χ1) is 19.5. The van der Waals surface area contributed by atoms with E-state index in [-0.39, 0.29) is 16.7 Å². The average Bonchev–Trinajstić information content (AvgIpc) is 2.91. The molecule has 0 amide bonds. The molecule has 0 aliphatic heterocycles. The van der Waals surface area contributed by atoms with Gasteiger partial charge in [-0.15, -0.1) is 0 Å². The van der Waals surface area contributed by atoms with E-state index in [1.54, 1.807) is 12.1 Å². The van der Waals surface area contributed by atoms with Crippen molar-refractivity contribution in [2.45, 2.75) is 38.7 Å². The summed E-state index contributed by atoms with van der Waals surface area (Å²) in [6.45, 7) is 2.09. The standard InChI is InChI=1S/C32H22F8O/c1-2-3-4-5-19-6-9-21(10-7-19)23-16-26(34)30(27(35)17-23)32(39,40)41-24-13-12-22(25(33)18-24)11-8-20-14-28(36)31(38)29(37)15-20/h6-7,9-10,12-18H,2-5H2,1H3. The van der Waals surface area contributed by atoms with E-state index in [1.807, 2.05) is 12.1 Å². The van der Waals surface area contributed by atoms with Crippen LogP contribution in [-0.4, -0.2) is 0 Å². The minimum absolute atomic E-state index is 0.0505. The van der Waals surface area contributed by atoms with E-state index in [9.17, 15) is 35.1 Å². The molecule has 0 heterocycles. The Hall–Kier alpha value is -4.32. The first-order valence-corrected chi connectivity index (χ1v) is 12.6. The van der Waals surface area contributed by atoms with Gasteiger partial charge in [0.05, 0.1) is 5.56 Å². The molecule has 0 unspecified atom stereocenters. The van der Waals surface area contributed by atoms with Gasteiger partial charge in [0.25, 0.3) is 0 Å². The summed E-state index contributed by atoms with van der Waals surface area (Å²) in [6.07, 6.45) is -0.526. The zero-order valence-electron chi connectivity index (χ0n) is 21.6. The normalized spacial score (nSPS) is 11.2. The topological polar surface area (TPSA) is 9.23 Å². The third-order valence-corrected chi connectivity index (χ3v) is 6.20. The molecule has 0 aliphatic rings. The summed E-state index contributed by atoms with van der Waals surface area (Å²) in [7, 11) is 0. The molecule has 1 nitrogen and oxygen atoms in total. The van der Waals surface area contributed by atoms with Crippen LogP contribution in [0.1, 0.15) is 48.4 Å². The van der Waals surface area contributed by atoms with Gasteiger partial charge in [-0.2, -0.15) is 8.78 Å². The Labute approximate surface area is 231 Å². The SMILES string of the molecule is CCCCCc1ccc(-c2cc(F)c(C(F)(F)Oc3ccc(C#Cc4cc(F)c(F)c(F)c4)c(F)c3)c(F)c2)cc1. The van der Waals surface area contributed by atoms with Gasteiger partial charge in [-0.05, 0) is 65.9 Å². The van der Waals surface area contributed by atoms with Gasteiger partial charge in [0.2, 0.25) is 0 Å². The summed E-state index contributed by atoms with van der Waals surface area (Å²) in [5.41, 5.74) is -0.796. The molecule has 0 fully saturated rings. The minimum Gasteiger partial charge on any atom is -0.429 e. The fourth-order valence-electron chi connectivity index (χ4n) is 4.09. The predicted octanol–water partition coefficient (Wildman–Crippen LogP) is 9.45. The van der Waals surface area contributed by atoms with E-state index >= 15 is 0 Å². The van der Waals surface area contributed by atoms with Crippen LogP contribution in [0.25, 0.3) is 11.1 Å². The van der Waals surface area contributed by atoms with Gasteiger partial charge in [0, 0.05) is 11.6 Å². The van der Waals surface area contributed by atoms with Crippen LogP contribution in [-0.2, 0) is 12.5 Å². The highest BCUT2D eigenvalue weighted by atomic mass is 19.3. The summed E-state index contributed by atoms with van der Waals surface area (Å²) >= 11 is 0. The third kappa shape index (κ3) is 7.07. The second-order valence-corrected chi connectivity index (χ2v) is 9.23. The molecule has 212 valence electrons. The molecular weight excluding hydrogens is 552 g/mol. The van der Waals surface area contributed by atoms with Crippen LogP contribution in [0.3, 0.4) is 0 Å². The van der Waals surface area contributed by atoms with Crippen molar-refractivity contribution in [1.29, 1.82) is 0 Å². The summed E-state index contributed by atoms with van der Waals surface area (Å²) in [5.74, 6) is -5.27. The Kier molecular flexibility index (Phi) is 9.01. The van der Waals surface area contributed by atoms with Crippen molar-refractivity contribution in [3.05, 3.63) is 124 Å². The van der Waals surface area contributed by atoms with E-state index in [0.717, 1.165) is 55.5 Å². The van der Waals surface area contributed by atoms with Crippen LogP contribution in [0.4, 0.5) is 35.1 Å². The smallest absolute Gasteiger partial charge is 0.429 e. The zero-order chi connectivity index (χ0) is 29.7. The Morgan fingerprint density at radius 3 is 1.88 bits per heavy atom. The van der Waals surface area contributed by atoms with Crippen molar-refractivity contribution in [2.24, 2.45) is 0 Å². The summed E-state index contributed by atoms with van der Waals surface area (Å²) in [5, 5.41) is 0. The van der Waals surface area contributed by atoms with E-state index in [2.05, 4.69) is 23.5 Å². The van der Waals surface area contributed by atoms with Crippen LogP contribution in [0.2, 0.25) is 0 Å². The van der Waals surface area contributed by atoms with Gasteiger partial charge in [-0.1, -0.05) is 55.9 Å². The zero-order valence-corrected chi connectivity index (χ0v) is 21.6. The van der Waals surface area contributed by atoms with Crippen molar-refractivity contribution in [3.63, 3.8) is 0 Å². The maximum Gasteiger partial charge on any atom is 0.432 e. The molecule has 0 spiro atoms. The van der Waals surface area contributed by atoms with Gasteiger partial charge < -0.3 is 4.74 Å². The molecule has 9 heteroatoms.